The van der Waals surface area contributed by atoms with Crippen LogP contribution < -0.4 is 4.74 Å². The number of likely N-dealkylation sites (tertiary alicyclic amines) is 1. The summed E-state index contributed by atoms with van der Waals surface area (Å²) >= 11 is 1.96. The van der Waals surface area contributed by atoms with Crippen molar-refractivity contribution < 1.29 is 4.74 Å². The number of nitrogens with zero attached hydrogens (tertiary/aromatic N) is 1. The zero-order valence-electron chi connectivity index (χ0n) is 18.0. The van der Waals surface area contributed by atoms with E-state index in [-0.39, 0.29) is 0 Å². The molecule has 2 heterocycles. The van der Waals surface area contributed by atoms with Gasteiger partial charge < -0.3 is 4.74 Å². The smallest absolute Gasteiger partial charge is 0.119 e. The van der Waals surface area contributed by atoms with Crippen LogP contribution in [0.1, 0.15) is 54.5 Å². The number of hydrogen-bond acceptors (Lipinski definition) is 3. The maximum Gasteiger partial charge on any atom is 0.119 e. The van der Waals surface area contributed by atoms with Crippen molar-refractivity contribution in [2.45, 2.75) is 38.5 Å². The molecule has 1 aromatic heterocycles. The largest absolute Gasteiger partial charge is 0.492 e. The first kappa shape index (κ1) is 19.3. The van der Waals surface area contributed by atoms with E-state index in [1.165, 1.54) is 88.9 Å². The Hall–Kier alpha value is -2.36. The van der Waals surface area contributed by atoms with Crippen molar-refractivity contribution in [2.75, 3.05) is 26.2 Å². The van der Waals surface area contributed by atoms with E-state index in [4.69, 9.17) is 4.74 Å². The Morgan fingerprint density at radius 1 is 0.903 bits per heavy atom. The molecule has 2 aliphatic carbocycles. The maximum atomic E-state index is 6.09. The van der Waals surface area contributed by atoms with Crippen molar-refractivity contribution in [1.82, 2.24) is 4.90 Å². The molecule has 3 heteroatoms. The second kappa shape index (κ2) is 8.29. The summed E-state index contributed by atoms with van der Waals surface area (Å²) in [5.41, 5.74) is 7.30. The van der Waals surface area contributed by atoms with Crippen LogP contribution in [0.5, 0.6) is 5.75 Å². The third kappa shape index (κ3) is 3.54. The van der Waals surface area contributed by atoms with Crippen LogP contribution in [0.15, 0.2) is 60.2 Å². The average Bonchev–Trinajstić information content (AvgIpc) is 3.35. The number of rotatable bonds is 5. The van der Waals surface area contributed by atoms with Gasteiger partial charge in [0.05, 0.1) is 0 Å². The van der Waals surface area contributed by atoms with Gasteiger partial charge in [0.15, 0.2) is 0 Å². The molecule has 6 rings (SSSR count). The molecule has 0 saturated carbocycles. The SMILES string of the molecule is C1=C2C(=C(c3ccc(OCCN4CCCCC4)cc3)c3c2sc2ccccc32)CCC1. The van der Waals surface area contributed by atoms with Crippen LogP contribution in [0, 0.1) is 0 Å². The minimum Gasteiger partial charge on any atom is -0.492 e. The van der Waals surface area contributed by atoms with Gasteiger partial charge in [-0.2, -0.15) is 0 Å². The molecule has 0 spiro atoms. The van der Waals surface area contributed by atoms with Crippen LogP contribution in [-0.4, -0.2) is 31.1 Å². The molecule has 1 fully saturated rings. The molecule has 0 radical (unpaired) electrons. The van der Waals surface area contributed by atoms with Gasteiger partial charge in [-0.05, 0) is 85.7 Å². The summed E-state index contributed by atoms with van der Waals surface area (Å²) in [5.74, 6) is 0.985. The van der Waals surface area contributed by atoms with Crippen LogP contribution in [-0.2, 0) is 0 Å². The van der Waals surface area contributed by atoms with Crippen molar-refractivity contribution >= 4 is 32.6 Å². The highest BCUT2D eigenvalue weighted by atomic mass is 32.1. The standard InChI is InChI=1S/C28H29NOS/c1-6-16-29(17-7-1)18-19-30-21-14-12-20(13-15-21)26-22-8-2-3-9-23(22)28-27(26)24-10-4-5-11-25(24)31-28/h4-5,9-15H,1-3,6-8,16-19H2. The van der Waals surface area contributed by atoms with E-state index in [1.54, 1.807) is 5.57 Å². The van der Waals surface area contributed by atoms with E-state index < -0.39 is 0 Å². The minimum absolute atomic E-state index is 0.777. The summed E-state index contributed by atoms with van der Waals surface area (Å²) in [4.78, 5) is 4.01. The summed E-state index contributed by atoms with van der Waals surface area (Å²) in [5, 5.41) is 1.40. The number of thiophene rings is 1. The predicted molar refractivity (Wildman–Crippen MR) is 132 cm³/mol. The van der Waals surface area contributed by atoms with Gasteiger partial charge >= 0.3 is 0 Å². The highest BCUT2D eigenvalue weighted by Crippen LogP contribution is 2.54. The van der Waals surface area contributed by atoms with Gasteiger partial charge in [0.25, 0.3) is 0 Å². The van der Waals surface area contributed by atoms with Gasteiger partial charge in [0.1, 0.15) is 12.4 Å². The lowest BCUT2D eigenvalue weighted by atomic mass is 9.91. The second-order valence-corrected chi connectivity index (χ2v) is 9.99. The fourth-order valence-corrected chi connectivity index (χ4v) is 6.70. The van der Waals surface area contributed by atoms with Crippen molar-refractivity contribution in [3.8, 4) is 5.75 Å². The zero-order valence-corrected chi connectivity index (χ0v) is 18.8. The molecule has 3 aliphatic rings. The Balaban J connectivity index is 1.28. The molecule has 2 nitrogen and oxygen atoms in total. The van der Waals surface area contributed by atoms with Gasteiger partial charge in [0, 0.05) is 27.1 Å². The first-order valence-corrected chi connectivity index (χ1v) is 12.6. The van der Waals surface area contributed by atoms with Crippen molar-refractivity contribution in [1.29, 1.82) is 0 Å². The lowest BCUT2D eigenvalue weighted by Crippen LogP contribution is -2.33. The van der Waals surface area contributed by atoms with Crippen LogP contribution in [0.25, 0.3) is 21.2 Å². The monoisotopic (exact) mass is 427 g/mol. The van der Waals surface area contributed by atoms with Crippen LogP contribution in [0.4, 0.5) is 0 Å². The lowest BCUT2D eigenvalue weighted by molar-refractivity contribution is 0.183. The number of benzene rings is 2. The molecule has 3 aromatic rings. The fourth-order valence-electron chi connectivity index (χ4n) is 5.42. The third-order valence-electron chi connectivity index (χ3n) is 6.96. The van der Waals surface area contributed by atoms with Gasteiger partial charge in [-0.1, -0.05) is 42.8 Å². The van der Waals surface area contributed by atoms with E-state index in [9.17, 15) is 0 Å². The second-order valence-electron chi connectivity index (χ2n) is 8.94. The van der Waals surface area contributed by atoms with Gasteiger partial charge in [-0.3, -0.25) is 4.90 Å². The summed E-state index contributed by atoms with van der Waals surface area (Å²) in [6.07, 6.45) is 10.2. The van der Waals surface area contributed by atoms with Crippen LogP contribution in [0.2, 0.25) is 0 Å². The third-order valence-corrected chi connectivity index (χ3v) is 8.17. The summed E-state index contributed by atoms with van der Waals surface area (Å²) in [6.45, 7) is 4.27. The van der Waals surface area contributed by atoms with E-state index >= 15 is 0 Å². The molecule has 0 N–H and O–H groups in total. The number of ether oxygens (including phenoxy) is 1. The van der Waals surface area contributed by atoms with Crippen molar-refractivity contribution in [3.63, 3.8) is 0 Å². The topological polar surface area (TPSA) is 12.5 Å². The normalized spacial score (nSPS) is 18.8. The summed E-state index contributed by atoms with van der Waals surface area (Å²) in [6, 6.07) is 17.8. The summed E-state index contributed by atoms with van der Waals surface area (Å²) < 4.78 is 7.49. The molecule has 0 unspecified atom stereocenters. The molecule has 0 amide bonds. The van der Waals surface area contributed by atoms with E-state index in [0.29, 0.717) is 0 Å². The van der Waals surface area contributed by atoms with Crippen molar-refractivity contribution in [3.05, 3.63) is 76.2 Å². The number of fused-ring (bicyclic) bond motifs is 5. The quantitative estimate of drug-likeness (QED) is 0.429. The van der Waals surface area contributed by atoms with Gasteiger partial charge in [-0.25, -0.2) is 0 Å². The average molecular weight is 428 g/mol. The number of allylic oxidation sites excluding steroid dienone is 3. The number of hydrogen-bond donors (Lipinski definition) is 0. The highest BCUT2D eigenvalue weighted by Gasteiger charge is 2.31. The van der Waals surface area contributed by atoms with E-state index in [1.807, 2.05) is 11.3 Å². The Bertz CT molecular complexity index is 1160. The zero-order chi connectivity index (χ0) is 20.6. The Labute approximate surface area is 188 Å². The van der Waals surface area contributed by atoms with Crippen LogP contribution >= 0.6 is 11.3 Å². The van der Waals surface area contributed by atoms with E-state index in [0.717, 1.165) is 18.9 Å². The number of piperidine rings is 1. The molecule has 0 atom stereocenters. The minimum atomic E-state index is 0.777. The molecular weight excluding hydrogens is 398 g/mol. The lowest BCUT2D eigenvalue weighted by Gasteiger charge is -2.26. The molecular formula is C28H29NOS. The molecule has 158 valence electrons. The molecule has 31 heavy (non-hydrogen) atoms. The molecule has 0 bridgehead atoms. The Morgan fingerprint density at radius 3 is 2.61 bits per heavy atom. The predicted octanol–water partition coefficient (Wildman–Crippen LogP) is 7.15. The first-order valence-electron chi connectivity index (χ1n) is 11.8. The Morgan fingerprint density at radius 2 is 1.74 bits per heavy atom. The van der Waals surface area contributed by atoms with Gasteiger partial charge in [-0.15, -0.1) is 11.3 Å². The van der Waals surface area contributed by atoms with Crippen LogP contribution in [0.3, 0.4) is 0 Å². The maximum absolute atomic E-state index is 6.09. The van der Waals surface area contributed by atoms with E-state index in [2.05, 4.69) is 59.5 Å². The molecule has 2 aromatic carbocycles. The van der Waals surface area contributed by atoms with Gasteiger partial charge in [0.2, 0.25) is 0 Å². The van der Waals surface area contributed by atoms with Crippen molar-refractivity contribution in [2.24, 2.45) is 0 Å². The molecule has 1 aliphatic heterocycles. The fraction of sp³-hybridized carbons (Fsp3) is 0.357. The highest BCUT2D eigenvalue weighted by molar-refractivity contribution is 7.20. The summed E-state index contributed by atoms with van der Waals surface area (Å²) in [7, 11) is 0. The first-order chi connectivity index (χ1) is 15.4. The molecule has 1 saturated heterocycles. The Kier molecular flexibility index (Phi) is 5.17.